The maximum Gasteiger partial charge on any atom is 0.303 e. The molecule has 176 valence electrons. The smallest absolute Gasteiger partial charge is 0.303 e. The number of aliphatic carboxylic acids is 1. The van der Waals surface area contributed by atoms with Crippen molar-refractivity contribution in [2.24, 2.45) is 23.7 Å². The fourth-order valence-electron chi connectivity index (χ4n) is 5.39. The van der Waals surface area contributed by atoms with E-state index in [1.54, 1.807) is 13.8 Å². The van der Waals surface area contributed by atoms with Gasteiger partial charge >= 0.3 is 5.97 Å². The minimum absolute atomic E-state index is 0.0561. The van der Waals surface area contributed by atoms with E-state index >= 15 is 0 Å². The molecule has 0 heterocycles. The standard InChI is InChI=1S/C25H42N2O4/c1-4-5-8-12-22(28)27-25(2,3)24(31)26-17-21-19-15-14-18(16-19)20(21)11-9-6-7-10-13-23(29)30/h6,9,18-21H,4-5,7-8,10-17H2,1-3H3,(H,26,31)(H,27,28)(H,29,30)/b9-6-/t18-,19+,20-,21+/m0/s1. The molecule has 0 aromatic carbocycles. The van der Waals surface area contributed by atoms with Crippen molar-refractivity contribution in [3.05, 3.63) is 12.2 Å². The van der Waals surface area contributed by atoms with Gasteiger partial charge in [-0.25, -0.2) is 0 Å². The molecule has 2 amide bonds. The molecule has 2 aliphatic rings. The number of unbranched alkanes of at least 4 members (excludes halogenated alkanes) is 3. The number of nitrogens with one attached hydrogen (secondary N) is 2. The van der Waals surface area contributed by atoms with Crippen LogP contribution in [-0.4, -0.2) is 35.0 Å². The monoisotopic (exact) mass is 434 g/mol. The predicted molar refractivity (Wildman–Crippen MR) is 122 cm³/mol. The summed E-state index contributed by atoms with van der Waals surface area (Å²) in [7, 11) is 0. The Bertz CT molecular complexity index is 643. The summed E-state index contributed by atoms with van der Waals surface area (Å²) in [4.78, 5) is 35.6. The minimum Gasteiger partial charge on any atom is -0.481 e. The van der Waals surface area contributed by atoms with Gasteiger partial charge < -0.3 is 15.7 Å². The summed E-state index contributed by atoms with van der Waals surface area (Å²) >= 11 is 0. The Morgan fingerprint density at radius 2 is 1.71 bits per heavy atom. The summed E-state index contributed by atoms with van der Waals surface area (Å²) in [5.74, 6) is 1.59. The quantitative estimate of drug-likeness (QED) is 0.278. The van der Waals surface area contributed by atoms with Crippen LogP contribution < -0.4 is 10.6 Å². The Morgan fingerprint density at radius 3 is 2.39 bits per heavy atom. The van der Waals surface area contributed by atoms with Gasteiger partial charge in [-0.15, -0.1) is 0 Å². The van der Waals surface area contributed by atoms with Crippen LogP contribution in [0.1, 0.15) is 91.4 Å². The summed E-state index contributed by atoms with van der Waals surface area (Å²) in [6.07, 6.45) is 14.3. The lowest BCUT2D eigenvalue weighted by atomic mass is 9.77. The van der Waals surface area contributed by atoms with Crippen LogP contribution in [0.25, 0.3) is 0 Å². The first-order valence-electron chi connectivity index (χ1n) is 12.2. The van der Waals surface area contributed by atoms with Gasteiger partial charge in [-0.1, -0.05) is 31.9 Å². The Hall–Kier alpha value is -1.85. The third kappa shape index (κ3) is 7.97. The zero-order valence-electron chi connectivity index (χ0n) is 19.6. The van der Waals surface area contributed by atoms with Crippen molar-refractivity contribution in [1.29, 1.82) is 0 Å². The molecule has 0 aromatic rings. The molecule has 2 fully saturated rings. The Kier molecular flexibility index (Phi) is 10.0. The zero-order chi connectivity index (χ0) is 22.9. The van der Waals surface area contributed by atoms with Crippen molar-refractivity contribution in [1.82, 2.24) is 10.6 Å². The van der Waals surface area contributed by atoms with Gasteiger partial charge in [-0.2, -0.15) is 0 Å². The van der Waals surface area contributed by atoms with E-state index in [2.05, 4.69) is 29.7 Å². The molecule has 31 heavy (non-hydrogen) atoms. The molecule has 0 spiro atoms. The normalized spacial score (nSPS) is 25.1. The average molecular weight is 435 g/mol. The van der Waals surface area contributed by atoms with Crippen molar-refractivity contribution in [3.63, 3.8) is 0 Å². The van der Waals surface area contributed by atoms with Gasteiger partial charge in [0.25, 0.3) is 0 Å². The largest absolute Gasteiger partial charge is 0.481 e. The maximum atomic E-state index is 12.8. The lowest BCUT2D eigenvalue weighted by Gasteiger charge is -2.32. The summed E-state index contributed by atoms with van der Waals surface area (Å²) in [6.45, 7) is 6.33. The van der Waals surface area contributed by atoms with Gasteiger partial charge in [-0.05, 0) is 82.5 Å². The SMILES string of the molecule is CCCCCC(=O)NC(C)(C)C(=O)NC[C@@H]1[C@@H]2CC[C@@H](C2)[C@@H]1C/C=C\CCCC(=O)O. The number of carboxylic acid groups (broad SMARTS) is 1. The van der Waals surface area contributed by atoms with Crippen molar-refractivity contribution in [2.45, 2.75) is 96.9 Å². The van der Waals surface area contributed by atoms with E-state index in [-0.39, 0.29) is 18.2 Å². The van der Waals surface area contributed by atoms with E-state index in [4.69, 9.17) is 5.11 Å². The van der Waals surface area contributed by atoms with E-state index < -0.39 is 11.5 Å². The van der Waals surface area contributed by atoms with Crippen molar-refractivity contribution >= 4 is 17.8 Å². The highest BCUT2D eigenvalue weighted by Crippen LogP contribution is 2.53. The summed E-state index contributed by atoms with van der Waals surface area (Å²) in [5.41, 5.74) is -0.902. The Labute approximate surface area is 187 Å². The minimum atomic E-state index is -0.902. The first kappa shape index (κ1) is 25.4. The lowest BCUT2D eigenvalue weighted by molar-refractivity contribution is -0.137. The molecular weight excluding hydrogens is 392 g/mol. The fraction of sp³-hybridized carbons (Fsp3) is 0.800. The van der Waals surface area contributed by atoms with Crippen LogP contribution in [0.3, 0.4) is 0 Å². The number of carbonyl (C=O) groups excluding carboxylic acids is 2. The summed E-state index contributed by atoms with van der Waals surface area (Å²) in [5, 5.41) is 14.8. The van der Waals surface area contributed by atoms with E-state index in [1.165, 1.54) is 19.3 Å². The average Bonchev–Trinajstić information content (AvgIpc) is 3.30. The molecule has 0 saturated heterocycles. The Morgan fingerprint density at radius 1 is 1.00 bits per heavy atom. The van der Waals surface area contributed by atoms with Gasteiger partial charge in [0.15, 0.2) is 0 Å². The molecule has 2 rings (SSSR count). The predicted octanol–water partition coefficient (Wildman–Crippen LogP) is 4.44. The highest BCUT2D eigenvalue weighted by Gasteiger charge is 2.46. The molecule has 2 aliphatic carbocycles. The second-order valence-electron chi connectivity index (χ2n) is 9.99. The van der Waals surface area contributed by atoms with Crippen LogP contribution in [0.2, 0.25) is 0 Å². The highest BCUT2D eigenvalue weighted by molar-refractivity contribution is 5.90. The number of fused-ring (bicyclic) bond motifs is 2. The van der Waals surface area contributed by atoms with Crippen molar-refractivity contribution in [3.8, 4) is 0 Å². The van der Waals surface area contributed by atoms with Crippen LogP contribution in [0, 0.1) is 23.7 Å². The van der Waals surface area contributed by atoms with Crippen molar-refractivity contribution < 1.29 is 19.5 Å². The second kappa shape index (κ2) is 12.3. The number of rotatable bonds is 14. The molecule has 0 aromatic heterocycles. The van der Waals surface area contributed by atoms with Gasteiger partial charge in [0.2, 0.25) is 11.8 Å². The summed E-state index contributed by atoms with van der Waals surface area (Å²) in [6, 6.07) is 0. The number of carbonyl (C=O) groups is 3. The van der Waals surface area contributed by atoms with E-state index in [0.717, 1.165) is 38.0 Å². The molecule has 2 bridgehead atoms. The van der Waals surface area contributed by atoms with Crippen LogP contribution in [0.5, 0.6) is 0 Å². The van der Waals surface area contributed by atoms with Crippen LogP contribution in [-0.2, 0) is 14.4 Å². The fourth-order valence-corrected chi connectivity index (χ4v) is 5.39. The van der Waals surface area contributed by atoms with E-state index in [0.29, 0.717) is 37.1 Å². The zero-order valence-corrected chi connectivity index (χ0v) is 19.6. The molecule has 0 radical (unpaired) electrons. The molecule has 6 nitrogen and oxygen atoms in total. The molecule has 2 saturated carbocycles. The maximum absolute atomic E-state index is 12.8. The van der Waals surface area contributed by atoms with Gasteiger partial charge in [-0.3, -0.25) is 14.4 Å². The van der Waals surface area contributed by atoms with Crippen LogP contribution >= 0.6 is 0 Å². The second-order valence-corrected chi connectivity index (χ2v) is 9.99. The Balaban J connectivity index is 1.80. The molecule has 0 aliphatic heterocycles. The number of hydrogen-bond donors (Lipinski definition) is 3. The molecular formula is C25H42N2O4. The van der Waals surface area contributed by atoms with Crippen LogP contribution in [0.4, 0.5) is 0 Å². The van der Waals surface area contributed by atoms with E-state index in [9.17, 15) is 14.4 Å². The van der Waals surface area contributed by atoms with Crippen LogP contribution in [0.15, 0.2) is 12.2 Å². The lowest BCUT2D eigenvalue weighted by Crippen LogP contribution is -2.55. The first-order valence-corrected chi connectivity index (χ1v) is 12.2. The molecule has 3 N–H and O–H groups in total. The number of carboxylic acids is 1. The highest BCUT2D eigenvalue weighted by atomic mass is 16.4. The molecule has 4 atom stereocenters. The topological polar surface area (TPSA) is 95.5 Å². The van der Waals surface area contributed by atoms with Gasteiger partial charge in [0, 0.05) is 19.4 Å². The van der Waals surface area contributed by atoms with Crippen molar-refractivity contribution in [2.75, 3.05) is 6.54 Å². The third-order valence-corrected chi connectivity index (χ3v) is 7.14. The summed E-state index contributed by atoms with van der Waals surface area (Å²) < 4.78 is 0. The number of allylic oxidation sites excluding steroid dienone is 2. The number of amides is 2. The number of hydrogen-bond acceptors (Lipinski definition) is 3. The first-order chi connectivity index (χ1) is 14.7. The molecule has 6 heteroatoms. The van der Waals surface area contributed by atoms with Gasteiger partial charge in [0.05, 0.1) is 0 Å². The van der Waals surface area contributed by atoms with Gasteiger partial charge in [0.1, 0.15) is 5.54 Å². The van der Waals surface area contributed by atoms with E-state index in [1.807, 2.05) is 0 Å². The third-order valence-electron chi connectivity index (χ3n) is 7.14. The molecule has 0 unspecified atom stereocenters.